The van der Waals surface area contributed by atoms with E-state index in [0.717, 1.165) is 11.3 Å². The Labute approximate surface area is 140 Å². The number of aryl methyl sites for hydroxylation is 1. The molecule has 0 aliphatic rings. The van der Waals surface area contributed by atoms with Crippen LogP contribution in [-0.4, -0.2) is 12.6 Å². The van der Waals surface area contributed by atoms with Gasteiger partial charge in [-0.05, 0) is 37.1 Å². The lowest BCUT2D eigenvalue weighted by Crippen LogP contribution is -2.02. The van der Waals surface area contributed by atoms with Crippen molar-refractivity contribution >= 4 is 28.6 Å². The second-order valence-electron chi connectivity index (χ2n) is 5.13. The summed E-state index contributed by atoms with van der Waals surface area (Å²) in [6, 6.07) is 8.21. The highest BCUT2D eigenvalue weighted by molar-refractivity contribution is 7.23. The van der Waals surface area contributed by atoms with Crippen molar-refractivity contribution in [3.63, 3.8) is 0 Å². The van der Waals surface area contributed by atoms with Crippen molar-refractivity contribution in [2.45, 2.75) is 39.0 Å². The molecule has 0 aromatic carbocycles. The molecule has 0 saturated carbocycles. The topological polar surface area (TPSA) is 26.3 Å². The zero-order valence-corrected chi connectivity index (χ0v) is 14.6. The van der Waals surface area contributed by atoms with Gasteiger partial charge in [-0.1, -0.05) is 38.8 Å². The summed E-state index contributed by atoms with van der Waals surface area (Å²) in [4.78, 5) is 16.2. The monoisotopic (exact) mass is 334 g/mol. The molecule has 0 N–H and O–H groups in total. The number of ether oxygens (including phenoxy) is 1. The molecular weight excluding hydrogens is 312 g/mol. The van der Waals surface area contributed by atoms with Gasteiger partial charge in [0.2, 0.25) is 0 Å². The van der Waals surface area contributed by atoms with Gasteiger partial charge in [-0.15, -0.1) is 22.7 Å². The third kappa shape index (κ3) is 4.82. The Kier molecular flexibility index (Phi) is 6.87. The first-order valence-electron chi connectivity index (χ1n) is 7.71. The van der Waals surface area contributed by atoms with Gasteiger partial charge in [-0.25, -0.2) is 4.79 Å². The molecule has 0 saturated heterocycles. The van der Waals surface area contributed by atoms with Gasteiger partial charge >= 0.3 is 5.97 Å². The van der Waals surface area contributed by atoms with Gasteiger partial charge < -0.3 is 4.74 Å². The van der Waals surface area contributed by atoms with Crippen LogP contribution in [0.25, 0.3) is 9.75 Å². The number of esters is 1. The summed E-state index contributed by atoms with van der Waals surface area (Å²) in [7, 11) is 0. The highest BCUT2D eigenvalue weighted by Crippen LogP contribution is 2.34. The number of rotatable bonds is 9. The van der Waals surface area contributed by atoms with Gasteiger partial charge in [-0.2, -0.15) is 0 Å². The van der Waals surface area contributed by atoms with Crippen LogP contribution in [-0.2, 0) is 11.2 Å². The van der Waals surface area contributed by atoms with Crippen LogP contribution in [0, 0.1) is 0 Å². The molecule has 0 amide bonds. The third-order valence-corrected chi connectivity index (χ3v) is 5.73. The number of unbranched alkanes of at least 4 members (excludes halogenated alkanes) is 3. The quantitative estimate of drug-likeness (QED) is 0.322. The van der Waals surface area contributed by atoms with Gasteiger partial charge in [0.25, 0.3) is 0 Å². The maximum Gasteiger partial charge on any atom is 0.348 e. The van der Waals surface area contributed by atoms with E-state index in [0.29, 0.717) is 4.88 Å². The van der Waals surface area contributed by atoms with Gasteiger partial charge in [0.05, 0.1) is 0 Å². The summed E-state index contributed by atoms with van der Waals surface area (Å²) >= 11 is 3.32. The maximum absolute atomic E-state index is 11.8. The van der Waals surface area contributed by atoms with Crippen molar-refractivity contribution in [3.05, 3.63) is 46.7 Å². The predicted molar refractivity (Wildman–Crippen MR) is 96.0 cm³/mol. The minimum absolute atomic E-state index is 0.257. The number of thiophene rings is 2. The van der Waals surface area contributed by atoms with E-state index in [1.54, 1.807) is 6.08 Å². The Hall–Kier alpha value is -1.39. The van der Waals surface area contributed by atoms with Crippen LogP contribution in [0.4, 0.5) is 0 Å². The Bertz CT molecular complexity index is 610. The average molecular weight is 335 g/mol. The second-order valence-corrected chi connectivity index (χ2v) is 7.38. The Morgan fingerprint density at radius 1 is 1.14 bits per heavy atom. The molecule has 0 atom stereocenters. The molecule has 0 radical (unpaired) electrons. The molecule has 0 aliphatic heterocycles. The van der Waals surface area contributed by atoms with E-state index in [2.05, 4.69) is 25.6 Å². The lowest BCUT2D eigenvalue weighted by molar-refractivity contribution is 0.0555. The van der Waals surface area contributed by atoms with E-state index in [9.17, 15) is 4.79 Å². The molecule has 2 aromatic heterocycles. The fourth-order valence-electron chi connectivity index (χ4n) is 2.16. The smallest absolute Gasteiger partial charge is 0.348 e. The molecule has 2 rings (SSSR count). The highest BCUT2D eigenvalue weighted by Gasteiger charge is 2.12. The van der Waals surface area contributed by atoms with E-state index in [1.165, 1.54) is 46.8 Å². The summed E-state index contributed by atoms with van der Waals surface area (Å²) in [5.41, 5.74) is 0. The molecule has 2 aromatic rings. The average Bonchev–Trinajstić information content (AvgIpc) is 3.18. The van der Waals surface area contributed by atoms with Crippen molar-refractivity contribution in [3.8, 4) is 9.75 Å². The summed E-state index contributed by atoms with van der Waals surface area (Å²) in [6.45, 7) is 6.04. The zero-order chi connectivity index (χ0) is 15.8. The molecule has 118 valence electrons. The number of carbonyl (C=O) groups excluding carboxylic acids is 1. The standard InChI is InChI=1S/C18H22O2S2/c1-3-5-6-7-8-14-9-10-15(21-14)16-11-12-17(22-16)18(19)20-13-4-2/h4,9-12H,2-3,5-8,13H2,1H3. The van der Waals surface area contributed by atoms with Crippen LogP contribution in [0.5, 0.6) is 0 Å². The molecule has 0 unspecified atom stereocenters. The van der Waals surface area contributed by atoms with Crippen LogP contribution in [0.3, 0.4) is 0 Å². The van der Waals surface area contributed by atoms with E-state index in [1.807, 2.05) is 23.5 Å². The van der Waals surface area contributed by atoms with E-state index in [-0.39, 0.29) is 12.6 Å². The Morgan fingerprint density at radius 2 is 1.91 bits per heavy atom. The highest BCUT2D eigenvalue weighted by atomic mass is 32.1. The SMILES string of the molecule is C=CCOC(=O)c1ccc(-c2ccc(CCCCCC)s2)s1. The number of carbonyl (C=O) groups is 1. The largest absolute Gasteiger partial charge is 0.457 e. The van der Waals surface area contributed by atoms with Gasteiger partial charge in [-0.3, -0.25) is 0 Å². The van der Waals surface area contributed by atoms with Gasteiger partial charge in [0.15, 0.2) is 0 Å². The first kappa shape index (κ1) is 17.0. The molecule has 0 aliphatic carbocycles. The molecule has 0 fully saturated rings. The molecule has 0 spiro atoms. The maximum atomic E-state index is 11.8. The minimum Gasteiger partial charge on any atom is -0.457 e. The fraction of sp³-hybridized carbons (Fsp3) is 0.389. The van der Waals surface area contributed by atoms with Crippen LogP contribution in [0.1, 0.15) is 47.2 Å². The molecule has 2 heterocycles. The first-order chi connectivity index (χ1) is 10.7. The van der Waals surface area contributed by atoms with E-state index < -0.39 is 0 Å². The Balaban J connectivity index is 1.94. The lowest BCUT2D eigenvalue weighted by atomic mass is 10.1. The first-order valence-corrected chi connectivity index (χ1v) is 9.34. The lowest BCUT2D eigenvalue weighted by Gasteiger charge is -1.97. The summed E-state index contributed by atoms with van der Waals surface area (Å²) in [5.74, 6) is -0.271. The summed E-state index contributed by atoms with van der Waals surface area (Å²) < 4.78 is 5.06. The van der Waals surface area contributed by atoms with Crippen LogP contribution in [0.15, 0.2) is 36.9 Å². The summed E-state index contributed by atoms with van der Waals surface area (Å²) in [6.07, 6.45) is 7.90. The predicted octanol–water partition coefficient (Wildman–Crippen LogP) is 5.94. The van der Waals surface area contributed by atoms with Crippen molar-refractivity contribution in [2.75, 3.05) is 6.61 Å². The normalized spacial score (nSPS) is 10.6. The van der Waals surface area contributed by atoms with Crippen molar-refractivity contribution in [2.24, 2.45) is 0 Å². The molecule has 0 bridgehead atoms. The zero-order valence-electron chi connectivity index (χ0n) is 13.0. The third-order valence-electron chi connectivity index (χ3n) is 3.32. The second kappa shape index (κ2) is 8.91. The molecular formula is C18H22O2S2. The molecule has 2 nitrogen and oxygen atoms in total. The van der Waals surface area contributed by atoms with Crippen molar-refractivity contribution < 1.29 is 9.53 Å². The minimum atomic E-state index is -0.271. The van der Waals surface area contributed by atoms with Crippen LogP contribution >= 0.6 is 22.7 Å². The Morgan fingerprint density at radius 3 is 2.68 bits per heavy atom. The number of hydrogen-bond acceptors (Lipinski definition) is 4. The summed E-state index contributed by atoms with van der Waals surface area (Å²) in [5, 5.41) is 0. The van der Waals surface area contributed by atoms with E-state index in [4.69, 9.17) is 4.74 Å². The van der Waals surface area contributed by atoms with E-state index >= 15 is 0 Å². The fourth-order valence-corrected chi connectivity index (χ4v) is 4.20. The van der Waals surface area contributed by atoms with Crippen molar-refractivity contribution in [1.82, 2.24) is 0 Å². The van der Waals surface area contributed by atoms with Crippen LogP contribution in [0.2, 0.25) is 0 Å². The van der Waals surface area contributed by atoms with Gasteiger partial charge in [0, 0.05) is 14.6 Å². The molecule has 22 heavy (non-hydrogen) atoms. The molecule has 4 heteroatoms. The van der Waals surface area contributed by atoms with Crippen LogP contribution < -0.4 is 0 Å². The van der Waals surface area contributed by atoms with Crippen molar-refractivity contribution in [1.29, 1.82) is 0 Å². The number of hydrogen-bond donors (Lipinski definition) is 0. The van der Waals surface area contributed by atoms with Gasteiger partial charge in [0.1, 0.15) is 11.5 Å².